The topological polar surface area (TPSA) is 63.6 Å². The number of halogens is 1. The zero-order valence-corrected chi connectivity index (χ0v) is 15.6. The van der Waals surface area contributed by atoms with Gasteiger partial charge >= 0.3 is 5.97 Å². The molecule has 1 saturated carbocycles. The van der Waals surface area contributed by atoms with E-state index in [9.17, 15) is 9.59 Å². The molecule has 0 bridgehead atoms. The summed E-state index contributed by atoms with van der Waals surface area (Å²) in [6, 6.07) is 13.4. The summed E-state index contributed by atoms with van der Waals surface area (Å²) in [6.45, 7) is 0. The molecule has 0 amide bonds. The van der Waals surface area contributed by atoms with Gasteiger partial charge < -0.3 is 9.84 Å². The molecule has 3 atom stereocenters. The Morgan fingerprint density at radius 1 is 1.20 bits per heavy atom. The van der Waals surface area contributed by atoms with Crippen LogP contribution < -0.4 is 4.74 Å². The van der Waals surface area contributed by atoms with Crippen LogP contribution in [0.2, 0.25) is 0 Å². The van der Waals surface area contributed by atoms with Crippen LogP contribution >= 0.6 is 20.7 Å². The standard InChI is InChI=1S/C20H17IO4/c1-21-16-8-3-2-6-12(16)14-10-15-18(24)13-7-4-5-11(9-17(22)23)19(13)25-20(14)15/h2-8,14-15,20H,1,9-10H2,(H,22,23). The number of ketones is 1. The molecule has 1 aliphatic heterocycles. The molecule has 1 heterocycles. The largest absolute Gasteiger partial charge is 0.488 e. The molecule has 2 aromatic carbocycles. The van der Waals surface area contributed by atoms with E-state index in [-0.39, 0.29) is 50.9 Å². The van der Waals surface area contributed by atoms with Crippen molar-refractivity contribution in [2.24, 2.45) is 5.92 Å². The van der Waals surface area contributed by atoms with E-state index in [1.165, 1.54) is 9.13 Å². The highest BCUT2D eigenvalue weighted by Gasteiger charge is 2.52. The third-order valence-electron chi connectivity index (χ3n) is 5.04. The smallest absolute Gasteiger partial charge is 0.307 e. The predicted octanol–water partition coefficient (Wildman–Crippen LogP) is 3.63. The number of Topliss-reactive ketones (excluding diaryl/α,β-unsaturated/α-hetero) is 1. The van der Waals surface area contributed by atoms with Gasteiger partial charge in [-0.3, -0.25) is 9.59 Å². The van der Waals surface area contributed by atoms with Crippen molar-refractivity contribution in [3.63, 3.8) is 0 Å². The normalized spacial score (nSPS) is 23.8. The maximum absolute atomic E-state index is 12.8. The molecule has 128 valence electrons. The summed E-state index contributed by atoms with van der Waals surface area (Å²) >= 11 is -0.295. The number of carboxylic acid groups (broad SMARTS) is 1. The average Bonchev–Trinajstić information content (AvgIpc) is 2.58. The lowest BCUT2D eigenvalue weighted by Gasteiger charge is -2.47. The molecular weight excluding hydrogens is 431 g/mol. The Hall–Kier alpha value is -2.02. The molecule has 3 unspecified atom stereocenters. The SMILES string of the molecule is C=Ic1ccccc1C1CC2C(=O)c3cccc(CC(=O)O)c3OC21. The van der Waals surface area contributed by atoms with E-state index in [0.717, 1.165) is 6.42 Å². The fourth-order valence-corrected chi connectivity index (χ4v) is 5.29. The number of carbonyl (C=O) groups excluding carboxylic acids is 1. The number of carboxylic acids is 1. The molecule has 0 aromatic heterocycles. The van der Waals surface area contributed by atoms with Gasteiger partial charge in [-0.1, -0.05) is 55.6 Å². The van der Waals surface area contributed by atoms with Crippen molar-refractivity contribution in [1.29, 1.82) is 0 Å². The molecule has 2 aliphatic rings. The number of para-hydroxylation sites is 1. The molecule has 25 heavy (non-hydrogen) atoms. The molecule has 1 fully saturated rings. The first-order valence-electron chi connectivity index (χ1n) is 8.12. The number of rotatable bonds is 4. The first kappa shape index (κ1) is 16.4. The quantitative estimate of drug-likeness (QED) is 0.726. The first-order valence-corrected chi connectivity index (χ1v) is 10.7. The van der Waals surface area contributed by atoms with Crippen molar-refractivity contribution < 1.29 is 19.4 Å². The minimum atomic E-state index is -0.927. The fourth-order valence-electron chi connectivity index (χ4n) is 3.80. The zero-order valence-electron chi connectivity index (χ0n) is 13.4. The second-order valence-electron chi connectivity index (χ2n) is 6.41. The van der Waals surface area contributed by atoms with E-state index in [1.807, 2.05) is 12.1 Å². The number of aliphatic carboxylic acids is 1. The van der Waals surface area contributed by atoms with E-state index in [4.69, 9.17) is 9.84 Å². The Morgan fingerprint density at radius 3 is 2.76 bits per heavy atom. The van der Waals surface area contributed by atoms with E-state index < -0.39 is 5.97 Å². The maximum atomic E-state index is 12.8. The summed E-state index contributed by atoms with van der Waals surface area (Å²) in [7, 11) is 0. The van der Waals surface area contributed by atoms with Gasteiger partial charge in [0.1, 0.15) is 11.9 Å². The minimum Gasteiger partial charge on any atom is -0.488 e. The van der Waals surface area contributed by atoms with Crippen molar-refractivity contribution in [2.75, 3.05) is 0 Å². The Labute approximate surface area is 155 Å². The van der Waals surface area contributed by atoms with Crippen LogP contribution in [-0.2, 0) is 11.2 Å². The Morgan fingerprint density at radius 2 is 2.00 bits per heavy atom. The predicted molar refractivity (Wildman–Crippen MR) is 104 cm³/mol. The minimum absolute atomic E-state index is 0.0801. The number of fused-ring (bicyclic) bond motifs is 2. The fraction of sp³-hybridized carbons (Fsp3) is 0.250. The van der Waals surface area contributed by atoms with Crippen LogP contribution in [0.3, 0.4) is 0 Å². The van der Waals surface area contributed by atoms with Gasteiger partial charge in [-0.05, 0) is 24.1 Å². The van der Waals surface area contributed by atoms with Gasteiger partial charge in [-0.15, -0.1) is 0 Å². The van der Waals surface area contributed by atoms with Crippen molar-refractivity contribution in [2.45, 2.75) is 24.9 Å². The van der Waals surface area contributed by atoms with Gasteiger partial charge in [-0.2, -0.15) is 0 Å². The van der Waals surface area contributed by atoms with Crippen LogP contribution in [-0.4, -0.2) is 27.5 Å². The van der Waals surface area contributed by atoms with E-state index >= 15 is 0 Å². The highest BCUT2D eigenvalue weighted by molar-refractivity contribution is 14.2. The van der Waals surface area contributed by atoms with Crippen molar-refractivity contribution >= 4 is 37.0 Å². The number of hydrogen-bond donors (Lipinski definition) is 1. The lowest BCUT2D eigenvalue weighted by atomic mass is 9.64. The summed E-state index contributed by atoms with van der Waals surface area (Å²) in [5, 5.41) is 9.12. The third kappa shape index (κ3) is 2.70. The number of ether oxygens (including phenoxy) is 1. The average molecular weight is 448 g/mol. The number of hydrogen-bond acceptors (Lipinski definition) is 3. The Balaban J connectivity index is 1.71. The second-order valence-corrected chi connectivity index (χ2v) is 8.34. The monoisotopic (exact) mass is 448 g/mol. The van der Waals surface area contributed by atoms with Crippen molar-refractivity contribution in [3.05, 3.63) is 62.7 Å². The highest BCUT2D eigenvalue weighted by Crippen LogP contribution is 2.51. The number of benzene rings is 2. The number of carbonyl (C=O) groups is 2. The molecule has 1 N–H and O–H groups in total. The van der Waals surface area contributed by atoms with E-state index in [0.29, 0.717) is 16.9 Å². The Bertz CT molecular complexity index is 889. The lowest BCUT2D eigenvalue weighted by Crippen LogP contribution is -2.51. The molecule has 1 aliphatic carbocycles. The highest BCUT2D eigenvalue weighted by atomic mass is 127. The van der Waals surface area contributed by atoms with Crippen LogP contribution in [0.1, 0.15) is 33.8 Å². The lowest BCUT2D eigenvalue weighted by molar-refractivity contribution is -0.136. The van der Waals surface area contributed by atoms with Crippen LogP contribution in [0.25, 0.3) is 0 Å². The van der Waals surface area contributed by atoms with Gasteiger partial charge in [0.25, 0.3) is 0 Å². The van der Waals surface area contributed by atoms with Gasteiger partial charge in [0.2, 0.25) is 0 Å². The zero-order chi connectivity index (χ0) is 17.6. The summed E-state index contributed by atoms with van der Waals surface area (Å²) in [5.41, 5.74) is 2.33. The van der Waals surface area contributed by atoms with Crippen LogP contribution in [0.15, 0.2) is 42.5 Å². The van der Waals surface area contributed by atoms with Crippen molar-refractivity contribution in [3.8, 4) is 5.75 Å². The third-order valence-corrected chi connectivity index (χ3v) is 6.85. The van der Waals surface area contributed by atoms with Gasteiger partial charge in [0, 0.05) is 15.1 Å². The molecule has 4 nitrogen and oxygen atoms in total. The molecule has 5 heteroatoms. The van der Waals surface area contributed by atoms with Crippen LogP contribution in [0, 0.1) is 9.49 Å². The summed E-state index contributed by atoms with van der Waals surface area (Å²) in [5.74, 6) is -0.339. The van der Waals surface area contributed by atoms with E-state index in [1.54, 1.807) is 18.2 Å². The molecule has 0 saturated heterocycles. The second kappa shape index (κ2) is 6.37. The maximum Gasteiger partial charge on any atom is 0.307 e. The van der Waals surface area contributed by atoms with Crippen molar-refractivity contribution in [1.82, 2.24) is 0 Å². The van der Waals surface area contributed by atoms with Gasteiger partial charge in [0.05, 0.1) is 17.9 Å². The summed E-state index contributed by atoms with van der Waals surface area (Å²) in [6.07, 6.45) is 0.443. The van der Waals surface area contributed by atoms with E-state index in [2.05, 4.69) is 16.6 Å². The molecule has 4 rings (SSSR count). The molecule has 0 radical (unpaired) electrons. The van der Waals surface area contributed by atoms with Gasteiger partial charge in [-0.25, -0.2) is 0 Å². The van der Waals surface area contributed by atoms with Gasteiger partial charge in [0.15, 0.2) is 5.78 Å². The molecule has 2 aromatic rings. The Kier molecular flexibility index (Phi) is 4.19. The van der Waals surface area contributed by atoms with Crippen LogP contribution in [0.4, 0.5) is 0 Å². The molecular formula is C20H17IO4. The summed E-state index contributed by atoms with van der Waals surface area (Å²) < 4.78 is 11.6. The first-order chi connectivity index (χ1) is 12.1. The van der Waals surface area contributed by atoms with Crippen LogP contribution in [0.5, 0.6) is 5.75 Å². The molecule has 0 spiro atoms. The summed E-state index contributed by atoms with van der Waals surface area (Å²) in [4.78, 5) is 23.9.